The van der Waals surface area contributed by atoms with Gasteiger partial charge in [-0.3, -0.25) is 14.2 Å². The van der Waals surface area contributed by atoms with E-state index in [4.69, 9.17) is 9.84 Å². The molecule has 1 heterocycles. The molecule has 34 heavy (non-hydrogen) atoms. The summed E-state index contributed by atoms with van der Waals surface area (Å²) in [5.74, 6) is -1.31. The minimum Gasteiger partial charge on any atom is -0.465 e. The van der Waals surface area contributed by atoms with Crippen LogP contribution in [0.15, 0.2) is 47.5 Å². The molecule has 2 aromatic carbocycles. The van der Waals surface area contributed by atoms with Crippen molar-refractivity contribution in [3.05, 3.63) is 64.5 Å². The van der Waals surface area contributed by atoms with Gasteiger partial charge in [0.1, 0.15) is 5.82 Å². The number of aliphatic hydroxyl groups is 1. The van der Waals surface area contributed by atoms with Gasteiger partial charge >= 0.3 is 5.97 Å². The number of ether oxygens (including phenoxy) is 1. The summed E-state index contributed by atoms with van der Waals surface area (Å²) in [6.45, 7) is 2.77. The number of nitrogens with zero attached hydrogens (tertiary/aromatic N) is 2. The van der Waals surface area contributed by atoms with Crippen LogP contribution in [-0.2, 0) is 32.3 Å². The Morgan fingerprint density at radius 2 is 1.97 bits per heavy atom. The first-order valence-electron chi connectivity index (χ1n) is 10.8. The molecule has 3 aromatic rings. The van der Waals surface area contributed by atoms with Crippen molar-refractivity contribution in [3.8, 4) is 11.1 Å². The predicted molar refractivity (Wildman–Crippen MR) is 127 cm³/mol. The third-order valence-electron chi connectivity index (χ3n) is 5.93. The Balaban J connectivity index is 1.92. The molecule has 182 valence electrons. The normalized spacial score (nSPS) is 13.6. The van der Waals surface area contributed by atoms with Crippen molar-refractivity contribution in [2.24, 2.45) is 0 Å². The molecule has 1 N–H and O–H groups in total. The van der Waals surface area contributed by atoms with Gasteiger partial charge < -0.3 is 9.84 Å². The molecule has 0 unspecified atom stereocenters. The lowest BCUT2D eigenvalue weighted by Crippen LogP contribution is -2.45. The summed E-state index contributed by atoms with van der Waals surface area (Å²) in [4.78, 5) is 29.6. The quantitative estimate of drug-likeness (QED) is 0.458. The van der Waals surface area contributed by atoms with E-state index in [-0.39, 0.29) is 31.6 Å². The molecule has 0 fully saturated rings. The average molecular weight is 491 g/mol. The third-order valence-corrected chi connectivity index (χ3v) is 7.93. The molecule has 1 atom stereocenters. The van der Waals surface area contributed by atoms with Crippen molar-refractivity contribution < 1.29 is 27.4 Å². The molecular formula is C24H27FN2O6S. The molecule has 0 aliphatic carbocycles. The smallest absolute Gasteiger partial charge is 0.327 e. The Hall–Kier alpha value is -3.11. The van der Waals surface area contributed by atoms with E-state index in [1.54, 1.807) is 37.3 Å². The highest BCUT2D eigenvalue weighted by Crippen LogP contribution is 2.27. The van der Waals surface area contributed by atoms with Crippen LogP contribution in [0.3, 0.4) is 0 Å². The van der Waals surface area contributed by atoms with Crippen LogP contribution in [0.5, 0.6) is 0 Å². The number of benzene rings is 2. The van der Waals surface area contributed by atoms with Crippen molar-refractivity contribution in [1.82, 2.24) is 9.55 Å². The molecule has 3 rings (SSSR count). The molecule has 0 aliphatic rings. The SMILES string of the molecule is CCOC(=O)[C@@](C)(CCn1cnc2cc(-c3ccc(CCO)cc3F)ccc2c1=O)S(C)(=O)=O. The van der Waals surface area contributed by atoms with Crippen LogP contribution in [0, 0.1) is 5.82 Å². The predicted octanol–water partition coefficient (Wildman–Crippen LogP) is 2.49. The zero-order chi connectivity index (χ0) is 25.1. The molecular weight excluding hydrogens is 463 g/mol. The minimum absolute atomic E-state index is 0.0362. The molecule has 1 aromatic heterocycles. The zero-order valence-corrected chi connectivity index (χ0v) is 20.1. The van der Waals surface area contributed by atoms with Crippen molar-refractivity contribution in [2.45, 2.75) is 38.0 Å². The molecule has 0 spiro atoms. The van der Waals surface area contributed by atoms with Crippen LogP contribution in [-0.4, -0.2) is 53.3 Å². The van der Waals surface area contributed by atoms with E-state index < -0.39 is 31.9 Å². The van der Waals surface area contributed by atoms with Gasteiger partial charge in [-0.2, -0.15) is 0 Å². The fourth-order valence-electron chi connectivity index (χ4n) is 3.62. The Labute approximate surface area is 196 Å². The van der Waals surface area contributed by atoms with Crippen LogP contribution >= 0.6 is 0 Å². The monoisotopic (exact) mass is 490 g/mol. The summed E-state index contributed by atoms with van der Waals surface area (Å²) in [6.07, 6.45) is 2.43. The summed E-state index contributed by atoms with van der Waals surface area (Å²) in [5, 5.41) is 9.30. The van der Waals surface area contributed by atoms with Crippen LogP contribution in [0.2, 0.25) is 0 Å². The number of aromatic nitrogens is 2. The van der Waals surface area contributed by atoms with Crippen molar-refractivity contribution in [2.75, 3.05) is 19.5 Å². The van der Waals surface area contributed by atoms with Crippen LogP contribution in [0.25, 0.3) is 22.0 Å². The summed E-state index contributed by atoms with van der Waals surface area (Å²) < 4.78 is 43.6. The Morgan fingerprint density at radius 1 is 1.24 bits per heavy atom. The zero-order valence-electron chi connectivity index (χ0n) is 19.2. The van der Waals surface area contributed by atoms with Crippen molar-refractivity contribution in [1.29, 1.82) is 0 Å². The maximum atomic E-state index is 14.6. The number of aliphatic hydroxyl groups excluding tert-OH is 1. The van der Waals surface area contributed by atoms with Crippen molar-refractivity contribution in [3.63, 3.8) is 0 Å². The highest BCUT2D eigenvalue weighted by atomic mass is 32.2. The number of fused-ring (bicyclic) bond motifs is 1. The number of hydrogen-bond donors (Lipinski definition) is 1. The van der Waals surface area contributed by atoms with Gasteiger partial charge in [-0.15, -0.1) is 0 Å². The topological polar surface area (TPSA) is 116 Å². The van der Waals surface area contributed by atoms with E-state index in [1.807, 2.05) is 0 Å². The van der Waals surface area contributed by atoms with E-state index in [2.05, 4.69) is 4.98 Å². The van der Waals surface area contributed by atoms with Gasteiger partial charge in [0.2, 0.25) is 0 Å². The number of carbonyl (C=O) groups is 1. The molecule has 0 amide bonds. The van der Waals surface area contributed by atoms with E-state index in [0.29, 0.717) is 28.6 Å². The number of rotatable bonds is 9. The number of halogens is 1. The summed E-state index contributed by atoms with van der Waals surface area (Å²) in [5.41, 5.74) is 1.50. The number of esters is 1. The number of sulfone groups is 1. The van der Waals surface area contributed by atoms with Crippen LogP contribution < -0.4 is 5.56 Å². The third kappa shape index (κ3) is 5.02. The lowest BCUT2D eigenvalue weighted by Gasteiger charge is -2.25. The van der Waals surface area contributed by atoms with Gasteiger partial charge in [-0.05, 0) is 56.0 Å². The Bertz CT molecular complexity index is 1390. The van der Waals surface area contributed by atoms with Gasteiger partial charge in [0, 0.05) is 25.0 Å². The number of aryl methyl sites for hydroxylation is 1. The Morgan fingerprint density at radius 3 is 2.59 bits per heavy atom. The first-order valence-corrected chi connectivity index (χ1v) is 12.7. The van der Waals surface area contributed by atoms with Gasteiger partial charge in [0.05, 0.1) is 23.8 Å². The molecule has 0 saturated carbocycles. The number of hydrogen-bond acceptors (Lipinski definition) is 7. The van der Waals surface area contributed by atoms with Crippen LogP contribution in [0.1, 0.15) is 25.8 Å². The summed E-state index contributed by atoms with van der Waals surface area (Å²) in [7, 11) is -3.82. The second-order valence-electron chi connectivity index (χ2n) is 8.24. The highest BCUT2D eigenvalue weighted by molar-refractivity contribution is 7.92. The molecule has 0 bridgehead atoms. The molecule has 0 aliphatic heterocycles. The van der Waals surface area contributed by atoms with E-state index in [1.165, 1.54) is 23.9 Å². The molecule has 0 radical (unpaired) electrons. The summed E-state index contributed by atoms with van der Waals surface area (Å²) >= 11 is 0. The number of carbonyl (C=O) groups excluding carboxylic acids is 1. The van der Waals surface area contributed by atoms with Crippen molar-refractivity contribution >= 4 is 26.7 Å². The van der Waals surface area contributed by atoms with Gasteiger partial charge in [0.25, 0.3) is 5.56 Å². The average Bonchev–Trinajstić information content (AvgIpc) is 2.78. The first-order chi connectivity index (χ1) is 16.0. The van der Waals surface area contributed by atoms with Gasteiger partial charge in [-0.1, -0.05) is 18.2 Å². The molecule has 10 heteroatoms. The minimum atomic E-state index is -3.82. The van der Waals surface area contributed by atoms with Crippen LogP contribution in [0.4, 0.5) is 4.39 Å². The van der Waals surface area contributed by atoms with E-state index in [9.17, 15) is 22.4 Å². The van der Waals surface area contributed by atoms with E-state index in [0.717, 1.165) is 6.26 Å². The highest BCUT2D eigenvalue weighted by Gasteiger charge is 2.44. The first kappa shape index (κ1) is 25.5. The lowest BCUT2D eigenvalue weighted by atomic mass is 10.0. The fourth-order valence-corrected chi connectivity index (χ4v) is 4.44. The maximum Gasteiger partial charge on any atom is 0.327 e. The van der Waals surface area contributed by atoms with Gasteiger partial charge in [0.15, 0.2) is 14.6 Å². The standard InChI is InChI=1S/C24H27FN2O6S/c1-4-33-23(30)24(2,34(3,31)32)10-11-27-15-26-21-14-17(6-8-19(21)22(27)29)18-7-5-16(9-12-28)13-20(18)25/h5-8,13-15,28H,4,9-12H2,1-3H3/t24-/m1/s1. The lowest BCUT2D eigenvalue weighted by molar-refractivity contribution is -0.146. The largest absolute Gasteiger partial charge is 0.465 e. The molecule has 8 nitrogen and oxygen atoms in total. The second kappa shape index (κ2) is 10.0. The maximum absolute atomic E-state index is 14.6. The molecule has 0 saturated heterocycles. The van der Waals surface area contributed by atoms with Gasteiger partial charge in [-0.25, -0.2) is 17.8 Å². The fraction of sp³-hybridized carbons (Fsp3) is 0.375. The Kier molecular flexibility index (Phi) is 7.52. The second-order valence-corrected chi connectivity index (χ2v) is 10.7. The summed E-state index contributed by atoms with van der Waals surface area (Å²) in [6, 6.07) is 9.46. The van der Waals surface area contributed by atoms with E-state index >= 15 is 0 Å².